The van der Waals surface area contributed by atoms with E-state index < -0.39 is 23.1 Å². The minimum absolute atomic E-state index is 0.00569. The maximum absolute atomic E-state index is 14.1. The van der Waals surface area contributed by atoms with Crippen molar-refractivity contribution in [2.45, 2.75) is 104 Å². The number of urea groups is 1. The second kappa shape index (κ2) is 8.42. The highest BCUT2D eigenvalue weighted by Crippen LogP contribution is 2.64. The maximum atomic E-state index is 14.1. The van der Waals surface area contributed by atoms with Crippen molar-refractivity contribution in [2.24, 2.45) is 0 Å². The highest BCUT2D eigenvalue weighted by Gasteiger charge is 2.72. The minimum Gasteiger partial charge on any atom is -0.368 e. The van der Waals surface area contributed by atoms with Gasteiger partial charge in [0.2, 0.25) is 5.91 Å². The van der Waals surface area contributed by atoms with E-state index >= 15 is 0 Å². The average Bonchev–Trinajstić information content (AvgIpc) is 3.08. The van der Waals surface area contributed by atoms with Gasteiger partial charge >= 0.3 is 6.03 Å². The summed E-state index contributed by atoms with van der Waals surface area (Å²) in [7, 11) is 0. The molecule has 2 bridgehead atoms. The Kier molecular flexibility index (Phi) is 6.03. The van der Waals surface area contributed by atoms with Gasteiger partial charge in [0.15, 0.2) is 0 Å². The molecule has 0 spiro atoms. The molecular formula is C22H31Cl2F2N3O3. The fraction of sp³-hybridized carbons (Fsp3) is 0.909. The van der Waals surface area contributed by atoms with E-state index in [9.17, 15) is 18.4 Å². The number of nitrogens with one attached hydrogen (secondary N) is 1. The molecule has 6 fully saturated rings. The normalized spacial score (nSPS) is 45.9. The van der Waals surface area contributed by atoms with Crippen molar-refractivity contribution in [2.75, 3.05) is 19.7 Å². The summed E-state index contributed by atoms with van der Waals surface area (Å²) in [6.07, 6.45) is 2.94. The molecule has 6 rings (SSSR count). The van der Waals surface area contributed by atoms with Gasteiger partial charge in [-0.2, -0.15) is 0 Å². The summed E-state index contributed by atoms with van der Waals surface area (Å²) in [5.74, 6) is -0.192. The zero-order valence-corrected chi connectivity index (χ0v) is 19.6. The van der Waals surface area contributed by atoms with Gasteiger partial charge in [-0.1, -0.05) is 0 Å². The number of hydrogen-bond acceptors (Lipinski definition) is 3. The molecule has 1 N–H and O–H groups in total. The Balaban J connectivity index is 1.07. The van der Waals surface area contributed by atoms with Gasteiger partial charge in [-0.05, 0) is 44.9 Å². The summed E-state index contributed by atoms with van der Waals surface area (Å²) in [4.78, 5) is 29.2. The van der Waals surface area contributed by atoms with Crippen molar-refractivity contribution >= 4 is 35.1 Å². The summed E-state index contributed by atoms with van der Waals surface area (Å²) in [6, 6.07) is -0.0812. The lowest BCUT2D eigenvalue weighted by molar-refractivity contribution is -0.168. The molecule has 32 heavy (non-hydrogen) atoms. The molecule has 1 saturated heterocycles. The first-order valence-electron chi connectivity index (χ1n) is 11.8. The number of rotatable bonds is 6. The van der Waals surface area contributed by atoms with E-state index in [1.807, 2.05) is 9.80 Å². The molecule has 3 amide bonds. The third kappa shape index (κ3) is 3.98. The molecule has 10 heteroatoms. The van der Waals surface area contributed by atoms with E-state index in [-0.39, 0.29) is 48.2 Å². The van der Waals surface area contributed by atoms with Crippen LogP contribution in [0, 0.1) is 0 Å². The van der Waals surface area contributed by atoms with Crippen LogP contribution in [0.2, 0.25) is 0 Å². The summed E-state index contributed by atoms with van der Waals surface area (Å²) in [5.41, 5.74) is -0.440. The summed E-state index contributed by atoms with van der Waals surface area (Å²) < 4.78 is 33.4. The van der Waals surface area contributed by atoms with E-state index in [2.05, 4.69) is 5.32 Å². The highest BCUT2D eigenvalue weighted by atomic mass is 35.5. The van der Waals surface area contributed by atoms with Gasteiger partial charge in [-0.3, -0.25) is 4.79 Å². The summed E-state index contributed by atoms with van der Waals surface area (Å²) in [5, 5.41) is 2.16. The number of hydrogen-bond donors (Lipinski definition) is 1. The molecule has 5 aliphatic carbocycles. The lowest BCUT2D eigenvalue weighted by Gasteiger charge is -2.72. The number of amides is 3. The molecule has 6 nitrogen and oxygen atoms in total. The van der Waals surface area contributed by atoms with Crippen LogP contribution in [0.25, 0.3) is 0 Å². The fourth-order valence-corrected chi connectivity index (χ4v) is 7.00. The van der Waals surface area contributed by atoms with Gasteiger partial charge in [0.1, 0.15) is 19.0 Å². The van der Waals surface area contributed by atoms with E-state index in [4.69, 9.17) is 27.9 Å². The fourth-order valence-electron chi connectivity index (χ4n) is 6.55. The first kappa shape index (κ1) is 22.9. The Bertz CT molecular complexity index is 755. The zero-order chi connectivity index (χ0) is 22.7. The van der Waals surface area contributed by atoms with Gasteiger partial charge in [0.25, 0.3) is 0 Å². The topological polar surface area (TPSA) is 61.9 Å². The molecule has 1 aliphatic heterocycles. The van der Waals surface area contributed by atoms with E-state index in [1.54, 1.807) is 0 Å². The Morgan fingerprint density at radius 3 is 2.34 bits per heavy atom. The molecular weight excluding hydrogens is 463 g/mol. The standard InChI is InChI=1S/C22H31Cl2F2N3O3/c23-15-3-1-13(7-17(15)25)28-5-6-29(20(28)31)22-10-21(11-22,12-22)27-19(30)9-32-14-2-4-16(24)18(26)8-14/h13-18H,1-12H2,(H,27,30). The van der Waals surface area contributed by atoms with Crippen molar-refractivity contribution < 1.29 is 23.1 Å². The van der Waals surface area contributed by atoms with Crippen molar-refractivity contribution in [3.8, 4) is 0 Å². The SMILES string of the molecule is O=C(COC1CCC(Cl)C(F)C1)NC12CC(N3CCN(C4CCC(Cl)C(F)C4)C3=O)(C1)C2. The molecule has 0 aromatic heterocycles. The Morgan fingerprint density at radius 2 is 1.69 bits per heavy atom. The molecule has 0 aromatic rings. The molecule has 6 atom stereocenters. The largest absolute Gasteiger partial charge is 0.368 e. The monoisotopic (exact) mass is 493 g/mol. The van der Waals surface area contributed by atoms with Crippen LogP contribution in [0.1, 0.15) is 57.8 Å². The molecule has 1 heterocycles. The van der Waals surface area contributed by atoms with Crippen molar-refractivity contribution in [1.29, 1.82) is 0 Å². The van der Waals surface area contributed by atoms with E-state index in [1.165, 1.54) is 0 Å². The van der Waals surface area contributed by atoms with Crippen molar-refractivity contribution in [1.82, 2.24) is 15.1 Å². The third-order valence-corrected chi connectivity index (χ3v) is 9.21. The van der Waals surface area contributed by atoms with Crippen LogP contribution < -0.4 is 5.32 Å². The van der Waals surface area contributed by atoms with Crippen molar-refractivity contribution in [3.05, 3.63) is 0 Å². The van der Waals surface area contributed by atoms with Gasteiger partial charge in [0.05, 0.1) is 22.4 Å². The number of carbonyl (C=O) groups is 2. The predicted octanol–water partition coefficient (Wildman–Crippen LogP) is 3.53. The summed E-state index contributed by atoms with van der Waals surface area (Å²) in [6.45, 7) is 1.19. The van der Waals surface area contributed by atoms with Gasteiger partial charge in [-0.25, -0.2) is 13.6 Å². The van der Waals surface area contributed by atoms with Crippen LogP contribution in [0.4, 0.5) is 13.6 Å². The van der Waals surface area contributed by atoms with Gasteiger partial charge < -0.3 is 19.9 Å². The van der Waals surface area contributed by atoms with E-state index in [0.717, 1.165) is 25.7 Å². The average molecular weight is 494 g/mol. The maximum Gasteiger partial charge on any atom is 0.320 e. The second-order valence-electron chi connectivity index (χ2n) is 10.5. The van der Waals surface area contributed by atoms with Gasteiger partial charge in [0, 0.05) is 37.5 Å². The number of ether oxygens (including phenoxy) is 1. The van der Waals surface area contributed by atoms with Crippen LogP contribution in [-0.2, 0) is 9.53 Å². The number of nitrogens with zero attached hydrogens (tertiary/aromatic N) is 2. The summed E-state index contributed by atoms with van der Waals surface area (Å²) >= 11 is 11.9. The van der Waals surface area contributed by atoms with Crippen LogP contribution in [0.15, 0.2) is 0 Å². The third-order valence-electron chi connectivity index (χ3n) is 8.22. The molecule has 0 aromatic carbocycles. The Labute approximate surface area is 197 Å². The highest BCUT2D eigenvalue weighted by molar-refractivity contribution is 6.21. The number of carbonyl (C=O) groups excluding carboxylic acids is 2. The Morgan fingerprint density at radius 1 is 1.03 bits per heavy atom. The van der Waals surface area contributed by atoms with Gasteiger partial charge in [-0.15, -0.1) is 23.2 Å². The van der Waals surface area contributed by atoms with Crippen LogP contribution in [0.3, 0.4) is 0 Å². The number of halogens is 4. The van der Waals surface area contributed by atoms with Crippen molar-refractivity contribution in [3.63, 3.8) is 0 Å². The smallest absolute Gasteiger partial charge is 0.320 e. The van der Waals surface area contributed by atoms with Crippen LogP contribution in [0.5, 0.6) is 0 Å². The lowest BCUT2D eigenvalue weighted by Crippen LogP contribution is -2.84. The molecule has 6 aliphatic rings. The molecule has 180 valence electrons. The van der Waals surface area contributed by atoms with Crippen LogP contribution >= 0.6 is 23.2 Å². The number of alkyl halides is 4. The molecule has 0 radical (unpaired) electrons. The zero-order valence-electron chi connectivity index (χ0n) is 18.1. The molecule has 5 saturated carbocycles. The first-order valence-corrected chi connectivity index (χ1v) is 12.6. The first-order chi connectivity index (χ1) is 15.2. The molecule has 6 unspecified atom stereocenters. The minimum atomic E-state index is -1.09. The van der Waals surface area contributed by atoms with Crippen LogP contribution in [-0.4, -0.2) is 87.8 Å². The van der Waals surface area contributed by atoms with E-state index in [0.29, 0.717) is 38.8 Å². The quantitative estimate of drug-likeness (QED) is 0.575. The lowest BCUT2D eigenvalue weighted by atomic mass is 9.43. The Hall–Kier alpha value is -0.860. The predicted molar refractivity (Wildman–Crippen MR) is 117 cm³/mol. The second-order valence-corrected chi connectivity index (χ2v) is 11.6.